The van der Waals surface area contributed by atoms with Crippen LogP contribution in [0.2, 0.25) is 0 Å². The summed E-state index contributed by atoms with van der Waals surface area (Å²) in [6.07, 6.45) is 5.58. The lowest BCUT2D eigenvalue weighted by atomic mass is 9.63. The topological polar surface area (TPSA) is 50.3 Å². The van der Waals surface area contributed by atoms with Gasteiger partial charge in [0, 0.05) is 5.69 Å². The summed E-state index contributed by atoms with van der Waals surface area (Å²) >= 11 is 0. The molecule has 1 aromatic heterocycles. The fourth-order valence-corrected chi connectivity index (χ4v) is 4.84. The fraction of sp³-hybridized carbons (Fsp3) is 0.471. The molecule has 0 N–H and O–H groups in total. The van der Waals surface area contributed by atoms with E-state index in [9.17, 15) is 9.59 Å². The van der Waals surface area contributed by atoms with Crippen LogP contribution in [-0.4, -0.2) is 16.8 Å². The molecule has 6 rings (SSSR count). The number of nitrogens with zero attached hydrogens (tertiary/aromatic N) is 2. The molecule has 21 heavy (non-hydrogen) atoms. The number of hydrogen-bond donors (Lipinski definition) is 0. The molecule has 2 heterocycles. The Morgan fingerprint density at radius 1 is 1.05 bits per heavy atom. The van der Waals surface area contributed by atoms with Crippen molar-refractivity contribution in [1.82, 2.24) is 4.98 Å². The van der Waals surface area contributed by atoms with Crippen LogP contribution in [-0.2, 0) is 9.59 Å². The summed E-state index contributed by atoms with van der Waals surface area (Å²) in [6.45, 7) is 1.88. The smallest absolute Gasteiger partial charge is 0.239 e. The lowest BCUT2D eigenvalue weighted by Crippen LogP contribution is -2.40. The van der Waals surface area contributed by atoms with Crippen LogP contribution < -0.4 is 4.90 Å². The van der Waals surface area contributed by atoms with Gasteiger partial charge >= 0.3 is 0 Å². The maximum atomic E-state index is 12.8. The van der Waals surface area contributed by atoms with Gasteiger partial charge in [0.2, 0.25) is 11.8 Å². The molecule has 1 saturated heterocycles. The predicted molar refractivity (Wildman–Crippen MR) is 76.2 cm³/mol. The van der Waals surface area contributed by atoms with Crippen LogP contribution in [0, 0.1) is 42.4 Å². The summed E-state index contributed by atoms with van der Waals surface area (Å²) < 4.78 is 0. The summed E-state index contributed by atoms with van der Waals surface area (Å²) in [6, 6.07) is 5.49. The zero-order chi connectivity index (χ0) is 14.3. The van der Waals surface area contributed by atoms with Crippen molar-refractivity contribution in [3.63, 3.8) is 0 Å². The van der Waals surface area contributed by atoms with Gasteiger partial charge in [-0.25, -0.2) is 9.88 Å². The van der Waals surface area contributed by atoms with E-state index in [4.69, 9.17) is 0 Å². The molecular formula is C17H16N2O2. The number of aryl methyl sites for hydroxylation is 1. The fourth-order valence-electron chi connectivity index (χ4n) is 4.84. The van der Waals surface area contributed by atoms with Gasteiger partial charge in [0.15, 0.2) is 0 Å². The Balaban J connectivity index is 1.60. The molecule has 2 bridgehead atoms. The highest BCUT2D eigenvalue weighted by molar-refractivity contribution is 6.22. The zero-order valence-electron chi connectivity index (χ0n) is 11.8. The Bertz CT molecular complexity index is 674. The van der Waals surface area contributed by atoms with Gasteiger partial charge in [0.25, 0.3) is 0 Å². The molecule has 2 saturated carbocycles. The van der Waals surface area contributed by atoms with Crippen molar-refractivity contribution in [3.8, 4) is 0 Å². The number of amides is 2. The first-order valence-corrected chi connectivity index (χ1v) is 7.66. The number of aromatic nitrogens is 1. The van der Waals surface area contributed by atoms with Gasteiger partial charge in [-0.05, 0) is 49.1 Å². The van der Waals surface area contributed by atoms with E-state index in [1.54, 1.807) is 6.07 Å². The Kier molecular flexibility index (Phi) is 2.01. The third-order valence-electron chi connectivity index (χ3n) is 5.77. The number of hydrogen-bond acceptors (Lipinski definition) is 3. The Hall–Kier alpha value is -1.97. The first-order valence-electron chi connectivity index (χ1n) is 7.66. The minimum atomic E-state index is -0.140. The second kappa shape index (κ2) is 3.62. The Labute approximate surface area is 122 Å². The second-order valence-corrected chi connectivity index (χ2v) is 6.80. The lowest BCUT2D eigenvalue weighted by molar-refractivity contribution is -0.124. The van der Waals surface area contributed by atoms with Crippen LogP contribution in [0.3, 0.4) is 0 Å². The minimum absolute atomic E-state index is 0.0344. The standard InChI is InChI=1S/C17H16N2O2/c1-8-3-2-4-13(18-8)19-16(20)14-9-5-6-10(12-7-11(9)12)15(14)17(19)21/h2-6,9-12,14-15H,7H2,1H3/t9-,10-,11-,12+,14-,15+/m0/s1. The Morgan fingerprint density at radius 2 is 1.67 bits per heavy atom. The van der Waals surface area contributed by atoms with Crippen LogP contribution in [0.25, 0.3) is 0 Å². The molecule has 0 spiro atoms. The number of pyridine rings is 1. The lowest BCUT2D eigenvalue weighted by Gasteiger charge is -2.37. The molecule has 4 aliphatic carbocycles. The number of carbonyl (C=O) groups excluding carboxylic acids is 2. The largest absolute Gasteiger partial charge is 0.274 e. The highest BCUT2D eigenvalue weighted by Crippen LogP contribution is 2.65. The summed E-state index contributed by atoms with van der Waals surface area (Å²) in [7, 11) is 0. The van der Waals surface area contributed by atoms with Gasteiger partial charge in [-0.2, -0.15) is 0 Å². The average molecular weight is 280 g/mol. The van der Waals surface area contributed by atoms with E-state index < -0.39 is 0 Å². The van der Waals surface area contributed by atoms with Crippen molar-refractivity contribution in [1.29, 1.82) is 0 Å². The van der Waals surface area contributed by atoms with Crippen LogP contribution in [0.5, 0.6) is 0 Å². The average Bonchev–Trinajstić information content (AvgIpc) is 3.24. The zero-order valence-corrected chi connectivity index (χ0v) is 11.8. The van der Waals surface area contributed by atoms with Crippen molar-refractivity contribution >= 4 is 17.6 Å². The summed E-state index contributed by atoms with van der Waals surface area (Å²) in [4.78, 5) is 31.4. The molecule has 3 fully saturated rings. The maximum absolute atomic E-state index is 12.8. The van der Waals surface area contributed by atoms with Gasteiger partial charge in [-0.1, -0.05) is 18.2 Å². The van der Waals surface area contributed by atoms with Crippen LogP contribution in [0.15, 0.2) is 30.4 Å². The van der Waals surface area contributed by atoms with Gasteiger partial charge in [-0.15, -0.1) is 0 Å². The second-order valence-electron chi connectivity index (χ2n) is 6.80. The van der Waals surface area contributed by atoms with Crippen LogP contribution in [0.1, 0.15) is 12.1 Å². The SMILES string of the molecule is Cc1cccc(N2C(=O)[C@@H]3[C@H]4C=C[C@@H]([C@@H]5C[C@H]45)[C@@H]3C2=O)n1. The summed E-state index contributed by atoms with van der Waals surface area (Å²) in [5.74, 6) is 1.98. The van der Waals surface area contributed by atoms with Crippen LogP contribution >= 0.6 is 0 Å². The van der Waals surface area contributed by atoms with Crippen molar-refractivity contribution in [3.05, 3.63) is 36.0 Å². The highest BCUT2D eigenvalue weighted by atomic mass is 16.2. The molecule has 5 aliphatic rings. The number of imide groups is 1. The van der Waals surface area contributed by atoms with E-state index in [2.05, 4.69) is 17.1 Å². The number of carbonyl (C=O) groups is 2. The van der Waals surface area contributed by atoms with Crippen LogP contribution in [0.4, 0.5) is 5.82 Å². The Morgan fingerprint density at radius 3 is 2.24 bits per heavy atom. The first kappa shape index (κ1) is 11.7. The van der Waals surface area contributed by atoms with E-state index in [1.165, 1.54) is 11.3 Å². The highest BCUT2D eigenvalue weighted by Gasteiger charge is 2.67. The van der Waals surface area contributed by atoms with Gasteiger partial charge in [-0.3, -0.25) is 9.59 Å². The van der Waals surface area contributed by atoms with E-state index >= 15 is 0 Å². The van der Waals surface area contributed by atoms with E-state index in [-0.39, 0.29) is 35.5 Å². The molecular weight excluding hydrogens is 264 g/mol. The number of anilines is 1. The molecule has 0 radical (unpaired) electrons. The molecule has 1 aromatic rings. The molecule has 0 aromatic carbocycles. The van der Waals surface area contributed by atoms with E-state index in [0.717, 1.165) is 5.69 Å². The predicted octanol–water partition coefficient (Wildman–Crippen LogP) is 1.95. The van der Waals surface area contributed by atoms with Gasteiger partial charge in [0.1, 0.15) is 5.82 Å². The van der Waals surface area contributed by atoms with Crippen molar-refractivity contribution in [2.75, 3.05) is 4.90 Å². The van der Waals surface area contributed by atoms with Crippen molar-refractivity contribution in [2.45, 2.75) is 13.3 Å². The molecule has 106 valence electrons. The van der Waals surface area contributed by atoms with Crippen molar-refractivity contribution in [2.24, 2.45) is 35.5 Å². The molecule has 6 atom stereocenters. The third kappa shape index (κ3) is 1.33. The molecule has 1 aliphatic heterocycles. The molecule has 0 unspecified atom stereocenters. The molecule has 4 heteroatoms. The number of rotatable bonds is 1. The summed E-state index contributed by atoms with van der Waals surface area (Å²) in [5.41, 5.74) is 0.826. The summed E-state index contributed by atoms with van der Waals surface area (Å²) in [5, 5.41) is 0. The van der Waals surface area contributed by atoms with Gasteiger partial charge in [0.05, 0.1) is 11.8 Å². The third-order valence-corrected chi connectivity index (χ3v) is 5.77. The van der Waals surface area contributed by atoms with E-state index in [0.29, 0.717) is 17.7 Å². The van der Waals surface area contributed by atoms with Crippen molar-refractivity contribution < 1.29 is 9.59 Å². The quantitative estimate of drug-likeness (QED) is 0.583. The molecule has 2 amide bonds. The minimum Gasteiger partial charge on any atom is -0.274 e. The molecule has 4 nitrogen and oxygen atoms in total. The van der Waals surface area contributed by atoms with Gasteiger partial charge < -0.3 is 0 Å². The normalized spacial score (nSPS) is 42.2. The number of allylic oxidation sites excluding steroid dienone is 2. The monoisotopic (exact) mass is 280 g/mol. The maximum Gasteiger partial charge on any atom is 0.239 e. The first-order chi connectivity index (χ1) is 10.2. The van der Waals surface area contributed by atoms with E-state index in [1.807, 2.05) is 19.1 Å².